The van der Waals surface area contributed by atoms with Crippen molar-refractivity contribution in [3.05, 3.63) is 187 Å². The van der Waals surface area contributed by atoms with Gasteiger partial charge >= 0.3 is 0 Å². The predicted octanol–water partition coefficient (Wildman–Crippen LogP) is 11.4. The van der Waals surface area contributed by atoms with Gasteiger partial charge in [-0.15, -0.1) is 0 Å². The second-order valence-corrected chi connectivity index (χ2v) is 14.7. The van der Waals surface area contributed by atoms with Crippen molar-refractivity contribution in [3.63, 3.8) is 0 Å². The zero-order chi connectivity index (χ0) is 37.3. The molecule has 5 nitrogen and oxygen atoms in total. The average Bonchev–Trinajstić information content (AvgIpc) is 3.62. The average molecular weight is 724 g/mol. The number of rotatable bonds is 8. The van der Waals surface area contributed by atoms with Crippen LogP contribution in [0, 0.1) is 0 Å². The summed E-state index contributed by atoms with van der Waals surface area (Å²) in [5.74, 6) is 1.06. The molecule has 0 radical (unpaired) electrons. The molecule has 1 unspecified atom stereocenters. The Morgan fingerprint density at radius 1 is 0.607 bits per heavy atom. The summed E-state index contributed by atoms with van der Waals surface area (Å²) in [4.78, 5) is 15.1. The topological polar surface area (TPSA) is 46.8 Å². The fourth-order valence-corrected chi connectivity index (χ4v) is 8.50. The summed E-state index contributed by atoms with van der Waals surface area (Å²) in [5.41, 5.74) is 13.1. The van der Waals surface area contributed by atoms with E-state index in [1.807, 2.05) is 0 Å². The lowest BCUT2D eigenvalue weighted by molar-refractivity contribution is 0.854. The zero-order valence-electron chi connectivity index (χ0n) is 31.2. The molecule has 10 rings (SSSR count). The largest absolute Gasteiger partial charge is 0.313 e. The van der Waals surface area contributed by atoms with E-state index in [1.165, 1.54) is 67.6 Å². The zero-order valence-corrected chi connectivity index (χ0v) is 31.2. The second kappa shape index (κ2) is 14.8. The van der Waals surface area contributed by atoms with E-state index in [1.54, 1.807) is 0 Å². The van der Waals surface area contributed by atoms with Gasteiger partial charge in [-0.3, -0.25) is 0 Å². The molecule has 3 aliphatic carbocycles. The molecule has 5 aromatic carbocycles. The van der Waals surface area contributed by atoms with Gasteiger partial charge in [0.1, 0.15) is 12.7 Å². The molecule has 0 amide bonds. The quantitative estimate of drug-likeness (QED) is 0.157. The van der Waals surface area contributed by atoms with Crippen LogP contribution in [0.1, 0.15) is 43.6 Å². The maximum absolute atomic E-state index is 4.37. The molecule has 3 aliphatic rings. The van der Waals surface area contributed by atoms with Crippen LogP contribution >= 0.6 is 0 Å². The van der Waals surface area contributed by atoms with Crippen molar-refractivity contribution >= 4 is 45.8 Å². The Kier molecular flexibility index (Phi) is 8.88. The normalized spacial score (nSPS) is 15.9. The van der Waals surface area contributed by atoms with Crippen molar-refractivity contribution in [2.45, 2.75) is 38.0 Å². The minimum absolute atomic E-state index is 0.397. The number of hydrogen-bond acceptors (Lipinski definition) is 4. The van der Waals surface area contributed by atoms with Gasteiger partial charge in [0.15, 0.2) is 5.82 Å². The number of nitrogens with zero attached hydrogens (tertiary/aromatic N) is 5. The SMILES string of the molecule is C1=CCCC(n2c3c(c4cc(-c5ccc(N(c6ccc(-c7ncncn7)cc6)c6ccc(C7C=CC=CC7)cc6)cc5)cc(-c5ccccc5)c42)=CCCC=3)=C1. The molecule has 2 heterocycles. The molecule has 7 aromatic rings. The Morgan fingerprint density at radius 3 is 2.02 bits per heavy atom. The molecule has 0 N–H and O–H groups in total. The van der Waals surface area contributed by atoms with Gasteiger partial charge in [-0.25, -0.2) is 15.0 Å². The molecule has 2 aromatic heterocycles. The monoisotopic (exact) mass is 723 g/mol. The van der Waals surface area contributed by atoms with Crippen LogP contribution in [-0.4, -0.2) is 19.5 Å². The highest BCUT2D eigenvalue weighted by atomic mass is 15.1. The molecule has 0 saturated carbocycles. The molecule has 0 fully saturated rings. The minimum Gasteiger partial charge on any atom is -0.313 e. The van der Waals surface area contributed by atoms with Crippen LogP contribution < -0.4 is 15.5 Å². The standard InChI is InChI=1S/C51H41N5/c1-4-12-36(13-5-1)37-20-26-43(27-21-37)55(45-30-24-40(25-31-45)51-53-34-52-35-54-51)44-28-22-38(23-29-44)41-32-47(39-14-6-2-7-15-39)50-48(33-41)46-18-10-11-19-49(46)56(50)42-16-8-3-9-17-42/h1-8,12,14-16,18-36H,9-11,13,17H2. The fraction of sp³-hybridized carbons (Fsp3) is 0.118. The number of allylic oxidation sites excluding steroid dienone is 8. The maximum Gasteiger partial charge on any atom is 0.162 e. The van der Waals surface area contributed by atoms with Gasteiger partial charge in [-0.1, -0.05) is 103 Å². The summed E-state index contributed by atoms with van der Waals surface area (Å²) < 4.78 is 2.55. The van der Waals surface area contributed by atoms with Crippen molar-refractivity contribution in [3.8, 4) is 33.6 Å². The van der Waals surface area contributed by atoms with Gasteiger partial charge < -0.3 is 9.47 Å². The number of hydrogen-bond donors (Lipinski definition) is 0. The molecule has 0 saturated heterocycles. The highest BCUT2D eigenvalue weighted by Gasteiger charge is 2.20. The Morgan fingerprint density at radius 2 is 1.32 bits per heavy atom. The summed E-state index contributed by atoms with van der Waals surface area (Å²) >= 11 is 0. The van der Waals surface area contributed by atoms with Crippen LogP contribution in [0.4, 0.5) is 17.1 Å². The highest BCUT2D eigenvalue weighted by Crippen LogP contribution is 2.39. The van der Waals surface area contributed by atoms with Crippen molar-refractivity contribution in [1.82, 2.24) is 19.5 Å². The summed E-state index contributed by atoms with van der Waals surface area (Å²) in [7, 11) is 0. The van der Waals surface area contributed by atoms with Crippen LogP contribution in [0.3, 0.4) is 0 Å². The molecule has 5 heteroatoms. The summed E-state index contributed by atoms with van der Waals surface area (Å²) in [6, 6.07) is 42.3. The number of benzene rings is 5. The van der Waals surface area contributed by atoms with Gasteiger partial charge in [0.25, 0.3) is 0 Å². The number of aromatic nitrogens is 4. The van der Waals surface area contributed by atoms with Crippen LogP contribution in [0.2, 0.25) is 0 Å². The number of fused-ring (bicyclic) bond motifs is 3. The van der Waals surface area contributed by atoms with Crippen LogP contribution in [-0.2, 0) is 0 Å². The molecule has 0 aliphatic heterocycles. The third-order valence-corrected chi connectivity index (χ3v) is 11.3. The summed E-state index contributed by atoms with van der Waals surface area (Å²) in [5, 5.41) is 4.00. The first kappa shape index (κ1) is 33.7. The van der Waals surface area contributed by atoms with Crippen LogP contribution in [0.15, 0.2) is 170 Å². The Balaban J connectivity index is 1.08. The second-order valence-electron chi connectivity index (χ2n) is 14.7. The fourth-order valence-electron chi connectivity index (χ4n) is 8.50. The molecular weight excluding hydrogens is 683 g/mol. The first-order chi connectivity index (χ1) is 27.8. The lowest BCUT2D eigenvalue weighted by Crippen LogP contribution is -2.30. The molecule has 0 spiro atoms. The van der Waals surface area contributed by atoms with E-state index in [9.17, 15) is 0 Å². The lowest BCUT2D eigenvalue weighted by atomic mass is 9.92. The maximum atomic E-state index is 4.37. The van der Waals surface area contributed by atoms with Crippen LogP contribution in [0.25, 0.3) is 62.4 Å². The predicted molar refractivity (Wildman–Crippen MR) is 232 cm³/mol. The summed E-state index contributed by atoms with van der Waals surface area (Å²) in [6.07, 6.45) is 28.8. The van der Waals surface area contributed by atoms with E-state index in [0.29, 0.717) is 11.7 Å². The van der Waals surface area contributed by atoms with E-state index in [0.717, 1.165) is 54.7 Å². The van der Waals surface area contributed by atoms with Crippen molar-refractivity contribution in [2.75, 3.05) is 4.90 Å². The van der Waals surface area contributed by atoms with Crippen molar-refractivity contribution in [1.29, 1.82) is 0 Å². The van der Waals surface area contributed by atoms with Gasteiger partial charge in [-0.05, 0) is 121 Å². The third-order valence-electron chi connectivity index (χ3n) is 11.3. The molecular formula is C51H41N5. The van der Waals surface area contributed by atoms with E-state index >= 15 is 0 Å². The van der Waals surface area contributed by atoms with Gasteiger partial charge in [0.05, 0.1) is 5.52 Å². The molecule has 270 valence electrons. The molecule has 56 heavy (non-hydrogen) atoms. The van der Waals surface area contributed by atoms with Gasteiger partial charge in [-0.2, -0.15) is 0 Å². The van der Waals surface area contributed by atoms with E-state index < -0.39 is 0 Å². The number of anilines is 3. The van der Waals surface area contributed by atoms with Crippen molar-refractivity contribution < 1.29 is 0 Å². The minimum atomic E-state index is 0.397. The first-order valence-corrected chi connectivity index (χ1v) is 19.7. The smallest absolute Gasteiger partial charge is 0.162 e. The third kappa shape index (κ3) is 6.31. The molecule has 1 atom stereocenters. The Labute approximate surface area is 327 Å². The van der Waals surface area contributed by atoms with E-state index in [-0.39, 0.29) is 0 Å². The Bertz CT molecular complexity index is 2790. The molecule has 0 bridgehead atoms. The van der Waals surface area contributed by atoms with Gasteiger partial charge in [0.2, 0.25) is 0 Å². The highest BCUT2D eigenvalue weighted by molar-refractivity contribution is 6.01. The Hall–Kier alpha value is -6.85. The summed E-state index contributed by atoms with van der Waals surface area (Å²) in [6.45, 7) is 0. The van der Waals surface area contributed by atoms with E-state index in [2.05, 4.69) is 194 Å². The van der Waals surface area contributed by atoms with Crippen LogP contribution in [0.5, 0.6) is 0 Å². The lowest BCUT2D eigenvalue weighted by Gasteiger charge is -2.26. The van der Waals surface area contributed by atoms with Gasteiger partial charge in [0, 0.05) is 55.8 Å². The van der Waals surface area contributed by atoms with E-state index in [4.69, 9.17) is 0 Å². The van der Waals surface area contributed by atoms with Crippen molar-refractivity contribution in [2.24, 2.45) is 0 Å². The first-order valence-electron chi connectivity index (χ1n) is 19.7.